The first-order chi connectivity index (χ1) is 9.40. The zero-order valence-electron chi connectivity index (χ0n) is 12.7. The van der Waals surface area contributed by atoms with Gasteiger partial charge in [-0.25, -0.2) is 4.79 Å². The van der Waals surface area contributed by atoms with Crippen LogP contribution in [-0.2, 0) is 7.05 Å². The highest BCUT2D eigenvalue weighted by Gasteiger charge is 2.25. The van der Waals surface area contributed by atoms with Gasteiger partial charge in [0.2, 0.25) is 0 Å². The van der Waals surface area contributed by atoms with Crippen LogP contribution in [0.3, 0.4) is 0 Å². The smallest absolute Gasteiger partial charge is 0.341 e. The fourth-order valence-electron chi connectivity index (χ4n) is 2.86. The summed E-state index contributed by atoms with van der Waals surface area (Å²) in [5.74, 6) is 0.251. The second kappa shape index (κ2) is 5.83. The van der Waals surface area contributed by atoms with Crippen LogP contribution < -0.4 is 5.32 Å². The molecule has 2 rings (SSSR count). The first kappa shape index (κ1) is 14.8. The lowest BCUT2D eigenvalue weighted by Gasteiger charge is -2.20. The number of aromatic nitrogens is 2. The molecule has 1 aromatic heterocycles. The van der Waals surface area contributed by atoms with Gasteiger partial charge in [0.05, 0.1) is 5.69 Å². The number of carboxylic acid groups (broad SMARTS) is 1. The van der Waals surface area contributed by atoms with E-state index in [-0.39, 0.29) is 5.56 Å². The predicted molar refractivity (Wildman–Crippen MR) is 78.2 cm³/mol. The third kappa shape index (κ3) is 2.95. The quantitative estimate of drug-likeness (QED) is 0.856. The molecule has 0 bridgehead atoms. The van der Waals surface area contributed by atoms with Gasteiger partial charge in [0.15, 0.2) is 0 Å². The molecular weight excluding hydrogens is 256 g/mol. The Bertz CT molecular complexity index is 496. The van der Waals surface area contributed by atoms with Gasteiger partial charge in [-0.3, -0.25) is 4.68 Å². The summed E-state index contributed by atoms with van der Waals surface area (Å²) < 4.78 is 1.62. The van der Waals surface area contributed by atoms with E-state index in [0.717, 1.165) is 26.1 Å². The van der Waals surface area contributed by atoms with Crippen molar-refractivity contribution < 1.29 is 9.90 Å². The fourth-order valence-corrected chi connectivity index (χ4v) is 2.86. The molecule has 2 N–H and O–H groups in total. The van der Waals surface area contributed by atoms with E-state index in [0.29, 0.717) is 23.5 Å². The van der Waals surface area contributed by atoms with Crippen LogP contribution in [0.1, 0.15) is 36.3 Å². The van der Waals surface area contributed by atoms with Crippen molar-refractivity contribution in [2.45, 2.75) is 33.2 Å². The molecule has 0 saturated carbocycles. The molecule has 2 heterocycles. The Labute approximate surface area is 119 Å². The molecule has 0 amide bonds. The van der Waals surface area contributed by atoms with Crippen LogP contribution in [0.4, 0.5) is 5.82 Å². The van der Waals surface area contributed by atoms with Crippen LogP contribution in [0.5, 0.6) is 0 Å². The van der Waals surface area contributed by atoms with Crippen molar-refractivity contribution in [2.24, 2.45) is 13.0 Å². The molecule has 0 aliphatic carbocycles. The van der Waals surface area contributed by atoms with Crippen molar-refractivity contribution in [1.82, 2.24) is 14.7 Å². The number of anilines is 1. The molecule has 1 aromatic rings. The molecular formula is C14H24N4O2. The van der Waals surface area contributed by atoms with E-state index in [1.807, 2.05) is 0 Å². The number of carbonyl (C=O) groups is 1. The molecule has 1 aliphatic heterocycles. The number of aromatic carboxylic acids is 1. The molecule has 0 spiro atoms. The number of hydrogen-bond donors (Lipinski definition) is 2. The highest BCUT2D eigenvalue weighted by atomic mass is 16.4. The highest BCUT2D eigenvalue weighted by Crippen LogP contribution is 2.22. The number of nitrogens with zero attached hydrogens (tertiary/aromatic N) is 3. The number of nitrogens with one attached hydrogen (secondary N) is 1. The fraction of sp³-hybridized carbons (Fsp3) is 0.714. The Morgan fingerprint density at radius 2 is 2.25 bits per heavy atom. The SMILES string of the molecule is Cc1nn(C)c(NCC2CCN(C(C)C)C2)c1C(=O)O. The van der Waals surface area contributed by atoms with E-state index in [1.54, 1.807) is 18.7 Å². The molecule has 20 heavy (non-hydrogen) atoms. The minimum Gasteiger partial charge on any atom is -0.477 e. The number of aryl methyl sites for hydroxylation is 2. The first-order valence-electron chi connectivity index (χ1n) is 7.15. The Morgan fingerprint density at radius 3 is 2.80 bits per heavy atom. The first-order valence-corrected chi connectivity index (χ1v) is 7.15. The maximum atomic E-state index is 11.3. The molecule has 0 radical (unpaired) electrons. The minimum absolute atomic E-state index is 0.284. The largest absolute Gasteiger partial charge is 0.477 e. The van der Waals surface area contributed by atoms with Crippen molar-refractivity contribution >= 4 is 11.8 Å². The van der Waals surface area contributed by atoms with Gasteiger partial charge >= 0.3 is 5.97 Å². The topological polar surface area (TPSA) is 70.4 Å². The average molecular weight is 280 g/mol. The lowest BCUT2D eigenvalue weighted by atomic mass is 10.1. The number of rotatable bonds is 5. The summed E-state index contributed by atoms with van der Waals surface area (Å²) in [7, 11) is 1.77. The summed E-state index contributed by atoms with van der Waals surface area (Å²) in [5.41, 5.74) is 0.837. The van der Waals surface area contributed by atoms with Gasteiger partial charge in [-0.15, -0.1) is 0 Å². The molecule has 6 nitrogen and oxygen atoms in total. The summed E-state index contributed by atoms with van der Waals surface area (Å²) in [6.45, 7) is 9.14. The Morgan fingerprint density at radius 1 is 1.55 bits per heavy atom. The second-order valence-electron chi connectivity index (χ2n) is 5.86. The van der Waals surface area contributed by atoms with Gasteiger partial charge in [0, 0.05) is 26.2 Å². The minimum atomic E-state index is -0.923. The van der Waals surface area contributed by atoms with Gasteiger partial charge in [0.1, 0.15) is 11.4 Å². The van der Waals surface area contributed by atoms with E-state index < -0.39 is 5.97 Å². The van der Waals surface area contributed by atoms with E-state index in [1.165, 1.54) is 0 Å². The number of likely N-dealkylation sites (tertiary alicyclic amines) is 1. The Hall–Kier alpha value is -1.56. The van der Waals surface area contributed by atoms with Crippen LogP contribution in [0.25, 0.3) is 0 Å². The zero-order chi connectivity index (χ0) is 14.9. The normalized spacial score (nSPS) is 19.8. The van der Waals surface area contributed by atoms with Gasteiger partial charge in [0.25, 0.3) is 0 Å². The van der Waals surface area contributed by atoms with Crippen LogP contribution in [0.2, 0.25) is 0 Å². The van der Waals surface area contributed by atoms with Crippen molar-refractivity contribution in [3.63, 3.8) is 0 Å². The molecule has 112 valence electrons. The van der Waals surface area contributed by atoms with Crippen LogP contribution >= 0.6 is 0 Å². The van der Waals surface area contributed by atoms with Crippen LogP contribution in [0, 0.1) is 12.8 Å². The average Bonchev–Trinajstić information content (AvgIpc) is 2.91. The van der Waals surface area contributed by atoms with Crippen molar-refractivity contribution in [3.05, 3.63) is 11.3 Å². The molecule has 0 aromatic carbocycles. The lowest BCUT2D eigenvalue weighted by molar-refractivity contribution is 0.0697. The lowest BCUT2D eigenvalue weighted by Crippen LogP contribution is -2.29. The molecule has 1 saturated heterocycles. The summed E-state index contributed by atoms with van der Waals surface area (Å²) >= 11 is 0. The monoisotopic (exact) mass is 280 g/mol. The van der Waals surface area contributed by atoms with Gasteiger partial charge < -0.3 is 15.3 Å². The van der Waals surface area contributed by atoms with E-state index in [4.69, 9.17) is 0 Å². The number of carboxylic acids is 1. The highest BCUT2D eigenvalue weighted by molar-refractivity contribution is 5.94. The predicted octanol–water partition coefficient (Wildman–Crippen LogP) is 1.57. The summed E-state index contributed by atoms with van der Waals surface area (Å²) in [6.07, 6.45) is 1.16. The standard InChI is InChI=1S/C14H24N4O2/c1-9(2)18-6-5-11(8-18)7-15-13-12(14(19)20)10(3)16-17(13)4/h9,11,15H,5-8H2,1-4H3,(H,19,20). The Balaban J connectivity index is 2.00. The molecule has 1 atom stereocenters. The summed E-state index contributed by atoms with van der Waals surface area (Å²) in [6, 6.07) is 0.577. The van der Waals surface area contributed by atoms with Crippen molar-refractivity contribution in [2.75, 3.05) is 25.0 Å². The molecule has 1 aliphatic rings. The van der Waals surface area contributed by atoms with E-state index in [9.17, 15) is 9.90 Å². The van der Waals surface area contributed by atoms with Gasteiger partial charge in [-0.2, -0.15) is 5.10 Å². The van der Waals surface area contributed by atoms with Gasteiger partial charge in [-0.1, -0.05) is 0 Å². The third-order valence-corrected chi connectivity index (χ3v) is 4.04. The van der Waals surface area contributed by atoms with E-state index in [2.05, 4.69) is 29.2 Å². The maximum Gasteiger partial charge on any atom is 0.341 e. The zero-order valence-corrected chi connectivity index (χ0v) is 12.7. The van der Waals surface area contributed by atoms with Crippen molar-refractivity contribution in [3.8, 4) is 0 Å². The van der Waals surface area contributed by atoms with E-state index >= 15 is 0 Å². The van der Waals surface area contributed by atoms with Crippen LogP contribution in [-0.4, -0.2) is 51.4 Å². The van der Waals surface area contributed by atoms with Gasteiger partial charge in [-0.05, 0) is 39.7 Å². The molecule has 1 unspecified atom stereocenters. The summed E-state index contributed by atoms with van der Waals surface area (Å²) in [4.78, 5) is 13.7. The van der Waals surface area contributed by atoms with Crippen LogP contribution in [0.15, 0.2) is 0 Å². The molecule has 6 heteroatoms. The maximum absolute atomic E-state index is 11.3. The Kier molecular flexibility index (Phi) is 4.32. The second-order valence-corrected chi connectivity index (χ2v) is 5.86. The molecule has 1 fully saturated rings. The third-order valence-electron chi connectivity index (χ3n) is 4.04. The van der Waals surface area contributed by atoms with Crippen molar-refractivity contribution in [1.29, 1.82) is 0 Å². The summed E-state index contributed by atoms with van der Waals surface area (Å²) in [5, 5.41) is 16.7. The number of hydrogen-bond acceptors (Lipinski definition) is 4.